The van der Waals surface area contributed by atoms with E-state index in [1.807, 2.05) is 34.9 Å². The molecule has 0 radical (unpaired) electrons. The van der Waals surface area contributed by atoms with Crippen molar-refractivity contribution in [2.24, 2.45) is 0 Å². The fourth-order valence-corrected chi connectivity index (χ4v) is 3.62. The molecule has 1 amide bonds. The smallest absolute Gasteiger partial charge is 0.251 e. The number of carbonyl (C=O) groups excluding carboxylic acids is 1. The zero-order valence-electron chi connectivity index (χ0n) is 15.2. The molecule has 3 aromatic rings. The fraction of sp³-hybridized carbons (Fsp3) is 0.400. The number of aliphatic hydroxyl groups excluding tert-OH is 1. The van der Waals surface area contributed by atoms with Gasteiger partial charge in [0.15, 0.2) is 0 Å². The van der Waals surface area contributed by atoms with Crippen LogP contribution >= 0.6 is 0 Å². The van der Waals surface area contributed by atoms with Gasteiger partial charge in [0.05, 0.1) is 36.8 Å². The summed E-state index contributed by atoms with van der Waals surface area (Å²) in [7, 11) is 0. The fourth-order valence-electron chi connectivity index (χ4n) is 3.62. The number of hydrogen-bond donors (Lipinski definition) is 2. The van der Waals surface area contributed by atoms with E-state index in [0.717, 1.165) is 49.3 Å². The van der Waals surface area contributed by atoms with Gasteiger partial charge in [-0.05, 0) is 43.2 Å². The molecule has 27 heavy (non-hydrogen) atoms. The Kier molecular flexibility index (Phi) is 5.22. The summed E-state index contributed by atoms with van der Waals surface area (Å²) in [5.41, 5.74) is 2.31. The highest BCUT2D eigenvalue weighted by molar-refractivity contribution is 5.97. The van der Waals surface area contributed by atoms with Crippen molar-refractivity contribution in [1.82, 2.24) is 19.8 Å². The number of fused-ring (bicyclic) bond motifs is 1. The summed E-state index contributed by atoms with van der Waals surface area (Å²) in [4.78, 5) is 19.3. The highest BCUT2D eigenvalue weighted by Gasteiger charge is 2.22. The first-order valence-electron chi connectivity index (χ1n) is 9.34. The van der Waals surface area contributed by atoms with Crippen LogP contribution in [-0.2, 0) is 13.1 Å². The van der Waals surface area contributed by atoms with Gasteiger partial charge in [-0.25, -0.2) is 4.98 Å². The summed E-state index contributed by atoms with van der Waals surface area (Å²) < 4.78 is 7.29. The lowest BCUT2D eigenvalue weighted by Crippen LogP contribution is -2.44. The van der Waals surface area contributed by atoms with Crippen molar-refractivity contribution in [3.05, 3.63) is 54.2 Å². The molecule has 1 aliphatic heterocycles. The number of rotatable bonds is 6. The predicted octanol–water partition coefficient (Wildman–Crippen LogP) is 2.02. The number of aromatic nitrogens is 2. The van der Waals surface area contributed by atoms with Gasteiger partial charge in [-0.2, -0.15) is 0 Å². The van der Waals surface area contributed by atoms with E-state index in [-0.39, 0.29) is 18.6 Å². The standard InChI is InChI=1S/C20H24N4O3/c25-10-9-24-14-21-18-12-15(3-4-19(18)24)20(26)22-16-5-7-23(8-6-16)13-17-2-1-11-27-17/h1-4,11-12,14,16,25H,5-10,13H2,(H,22,26). The summed E-state index contributed by atoms with van der Waals surface area (Å²) >= 11 is 0. The first kappa shape index (κ1) is 17.8. The molecule has 2 N–H and O–H groups in total. The number of imidazole rings is 1. The Bertz CT molecular complexity index is 895. The number of amides is 1. The molecule has 142 valence electrons. The van der Waals surface area contributed by atoms with Gasteiger partial charge in [0.1, 0.15) is 5.76 Å². The van der Waals surface area contributed by atoms with E-state index in [9.17, 15) is 4.79 Å². The van der Waals surface area contributed by atoms with Crippen LogP contribution in [-0.4, -0.2) is 51.2 Å². The number of nitrogens with zero attached hydrogens (tertiary/aromatic N) is 3. The predicted molar refractivity (Wildman–Crippen MR) is 101 cm³/mol. The summed E-state index contributed by atoms with van der Waals surface area (Å²) in [5, 5.41) is 12.2. The molecule has 0 spiro atoms. The minimum absolute atomic E-state index is 0.0573. The Balaban J connectivity index is 1.33. The largest absolute Gasteiger partial charge is 0.468 e. The molecule has 0 bridgehead atoms. The van der Waals surface area contributed by atoms with Crippen molar-refractivity contribution >= 4 is 16.9 Å². The number of furan rings is 1. The van der Waals surface area contributed by atoms with Gasteiger partial charge < -0.3 is 19.4 Å². The van der Waals surface area contributed by atoms with Gasteiger partial charge in [0, 0.05) is 31.2 Å². The zero-order valence-corrected chi connectivity index (χ0v) is 15.2. The number of benzene rings is 1. The van der Waals surface area contributed by atoms with E-state index >= 15 is 0 Å². The molecule has 0 unspecified atom stereocenters. The Labute approximate surface area is 157 Å². The maximum atomic E-state index is 12.6. The summed E-state index contributed by atoms with van der Waals surface area (Å²) in [6.45, 7) is 3.26. The number of nitrogens with one attached hydrogen (secondary N) is 1. The highest BCUT2D eigenvalue weighted by Crippen LogP contribution is 2.17. The first-order chi connectivity index (χ1) is 13.2. The Hall–Kier alpha value is -2.64. The molecule has 7 heteroatoms. The molecule has 0 atom stereocenters. The monoisotopic (exact) mass is 368 g/mol. The van der Waals surface area contributed by atoms with Crippen LogP contribution in [0.25, 0.3) is 11.0 Å². The number of likely N-dealkylation sites (tertiary alicyclic amines) is 1. The average Bonchev–Trinajstić information content (AvgIpc) is 3.33. The average molecular weight is 368 g/mol. The molecule has 1 saturated heterocycles. The second-order valence-corrected chi connectivity index (χ2v) is 6.97. The van der Waals surface area contributed by atoms with Crippen LogP contribution in [0.2, 0.25) is 0 Å². The molecule has 1 aliphatic rings. The van der Waals surface area contributed by atoms with Gasteiger partial charge in [-0.3, -0.25) is 9.69 Å². The van der Waals surface area contributed by atoms with E-state index in [0.29, 0.717) is 12.1 Å². The van der Waals surface area contributed by atoms with E-state index in [4.69, 9.17) is 9.52 Å². The molecule has 2 aromatic heterocycles. The second-order valence-electron chi connectivity index (χ2n) is 6.97. The van der Waals surface area contributed by atoms with E-state index in [2.05, 4.69) is 15.2 Å². The van der Waals surface area contributed by atoms with Crippen molar-refractivity contribution in [3.63, 3.8) is 0 Å². The maximum absolute atomic E-state index is 12.6. The molecule has 0 saturated carbocycles. The third-order valence-corrected chi connectivity index (χ3v) is 5.11. The minimum atomic E-state index is -0.0573. The molecular formula is C20H24N4O3. The highest BCUT2D eigenvalue weighted by atomic mass is 16.3. The van der Waals surface area contributed by atoms with Crippen molar-refractivity contribution < 1.29 is 14.3 Å². The topological polar surface area (TPSA) is 83.5 Å². The first-order valence-corrected chi connectivity index (χ1v) is 9.34. The van der Waals surface area contributed by atoms with Gasteiger partial charge in [0.2, 0.25) is 0 Å². The summed E-state index contributed by atoms with van der Waals surface area (Å²) in [6.07, 6.45) is 5.25. The van der Waals surface area contributed by atoms with Gasteiger partial charge >= 0.3 is 0 Å². The Morgan fingerprint density at radius 1 is 1.30 bits per heavy atom. The lowest BCUT2D eigenvalue weighted by atomic mass is 10.0. The van der Waals surface area contributed by atoms with E-state index < -0.39 is 0 Å². The third-order valence-electron chi connectivity index (χ3n) is 5.11. The summed E-state index contributed by atoms with van der Waals surface area (Å²) in [6, 6.07) is 9.61. The number of carbonyl (C=O) groups is 1. The van der Waals surface area contributed by atoms with Gasteiger partial charge in [-0.15, -0.1) is 0 Å². The Morgan fingerprint density at radius 3 is 2.89 bits per heavy atom. The molecule has 3 heterocycles. The van der Waals surface area contributed by atoms with Gasteiger partial charge in [-0.1, -0.05) is 0 Å². The lowest BCUT2D eigenvalue weighted by molar-refractivity contribution is 0.0906. The van der Waals surface area contributed by atoms with Crippen LogP contribution in [0.3, 0.4) is 0 Å². The van der Waals surface area contributed by atoms with E-state index in [1.54, 1.807) is 12.6 Å². The van der Waals surface area contributed by atoms with Crippen LogP contribution in [0.1, 0.15) is 29.0 Å². The molecule has 1 aromatic carbocycles. The zero-order chi connectivity index (χ0) is 18.6. The molecule has 1 fully saturated rings. The normalized spacial score (nSPS) is 16.0. The van der Waals surface area contributed by atoms with Crippen molar-refractivity contribution in [2.45, 2.75) is 32.0 Å². The lowest BCUT2D eigenvalue weighted by Gasteiger charge is -2.31. The van der Waals surface area contributed by atoms with Crippen LogP contribution < -0.4 is 5.32 Å². The van der Waals surface area contributed by atoms with Crippen LogP contribution in [0.4, 0.5) is 0 Å². The van der Waals surface area contributed by atoms with Crippen molar-refractivity contribution in [3.8, 4) is 0 Å². The molecule has 7 nitrogen and oxygen atoms in total. The number of aliphatic hydroxyl groups is 1. The number of piperidine rings is 1. The summed E-state index contributed by atoms with van der Waals surface area (Å²) in [5.74, 6) is 0.921. The van der Waals surface area contributed by atoms with Crippen LogP contribution in [0, 0.1) is 0 Å². The quantitative estimate of drug-likeness (QED) is 0.695. The van der Waals surface area contributed by atoms with Gasteiger partial charge in [0.25, 0.3) is 5.91 Å². The maximum Gasteiger partial charge on any atom is 0.251 e. The molecular weight excluding hydrogens is 344 g/mol. The number of hydrogen-bond acceptors (Lipinski definition) is 5. The van der Waals surface area contributed by atoms with Crippen LogP contribution in [0.5, 0.6) is 0 Å². The minimum Gasteiger partial charge on any atom is -0.468 e. The second kappa shape index (κ2) is 7.94. The van der Waals surface area contributed by atoms with Crippen LogP contribution in [0.15, 0.2) is 47.3 Å². The third kappa shape index (κ3) is 4.04. The van der Waals surface area contributed by atoms with Crippen molar-refractivity contribution in [2.75, 3.05) is 19.7 Å². The van der Waals surface area contributed by atoms with E-state index in [1.165, 1.54) is 0 Å². The molecule has 0 aliphatic carbocycles. The SMILES string of the molecule is O=C(NC1CCN(Cc2ccco2)CC1)c1ccc2c(c1)ncn2CCO. The molecule has 4 rings (SSSR count). The van der Waals surface area contributed by atoms with Crippen molar-refractivity contribution in [1.29, 1.82) is 0 Å². The Morgan fingerprint density at radius 2 is 2.15 bits per heavy atom.